The molecule has 22 heteroatoms. The zero-order chi connectivity index (χ0) is 40.9. The third kappa shape index (κ3) is 7.54. The molecule has 19 nitrogen and oxygen atoms in total. The van der Waals surface area contributed by atoms with Crippen LogP contribution in [0.15, 0.2) is 39.1 Å². The number of carbonyl (C=O) groups is 5. The van der Waals surface area contributed by atoms with Gasteiger partial charge in [0.1, 0.15) is 29.4 Å². The van der Waals surface area contributed by atoms with Crippen LogP contribution in [0.1, 0.15) is 51.3 Å². The minimum Gasteiger partial charge on any atom is -0.504 e. The molecule has 5 aliphatic rings. The average molecular weight is 836 g/mol. The van der Waals surface area contributed by atoms with E-state index in [1.54, 1.807) is 0 Å². The highest BCUT2D eigenvalue weighted by molar-refractivity contribution is 8.00. The summed E-state index contributed by atoms with van der Waals surface area (Å²) in [6.07, 6.45) is 2.13. The summed E-state index contributed by atoms with van der Waals surface area (Å²) in [7, 11) is 0. The number of quaternary nitrogens is 1. The highest BCUT2D eigenvalue weighted by Crippen LogP contribution is 2.48. The molecule has 4 saturated heterocycles. The Balaban J connectivity index is 1.12. The summed E-state index contributed by atoms with van der Waals surface area (Å²) in [4.78, 5) is 75.0. The van der Waals surface area contributed by atoms with Gasteiger partial charge >= 0.3 is 11.9 Å². The number of aromatic nitrogens is 1. The van der Waals surface area contributed by atoms with Crippen molar-refractivity contribution < 1.29 is 58.9 Å². The van der Waals surface area contributed by atoms with E-state index in [0.29, 0.717) is 55.5 Å². The summed E-state index contributed by atoms with van der Waals surface area (Å²) in [5, 5.41) is 61.7. The molecule has 0 radical (unpaired) electrons. The number of nitrogen functional groups attached to an aromatic ring is 1. The lowest BCUT2D eigenvalue weighted by Gasteiger charge is -2.56. The molecule has 0 saturated carbocycles. The molecule has 300 valence electrons. The Morgan fingerprint density at radius 3 is 2.34 bits per heavy atom. The number of β-lactam (4-membered cyclic amide) rings is 1. The van der Waals surface area contributed by atoms with Gasteiger partial charge in [-0.2, -0.15) is 0 Å². The number of phenolic OH excluding ortho intramolecular Hbond substituents is 2. The summed E-state index contributed by atoms with van der Waals surface area (Å²) in [5.41, 5.74) is 3.38. The van der Waals surface area contributed by atoms with Crippen molar-refractivity contribution in [2.75, 3.05) is 38.5 Å². The van der Waals surface area contributed by atoms with Crippen molar-refractivity contribution in [2.24, 2.45) is 15.7 Å². The number of oxime groups is 2. The number of nitrogens with two attached hydrogens (primary N) is 1. The Morgan fingerprint density at radius 1 is 1.12 bits per heavy atom. The van der Waals surface area contributed by atoms with Crippen LogP contribution in [-0.4, -0.2) is 136 Å². The van der Waals surface area contributed by atoms with E-state index in [1.807, 2.05) is 6.92 Å². The second-order valence-corrected chi connectivity index (χ2v) is 17.6. The number of halogens is 1. The zero-order valence-electron chi connectivity index (χ0n) is 30.3. The first-order valence-corrected chi connectivity index (χ1v) is 19.5. The van der Waals surface area contributed by atoms with E-state index < -0.39 is 63.9 Å². The molecule has 0 unspecified atom stereocenters. The number of nitrogens with zero attached hydrogens (tertiary/aromatic N) is 5. The van der Waals surface area contributed by atoms with Gasteiger partial charge < -0.3 is 51.3 Å². The van der Waals surface area contributed by atoms with Crippen molar-refractivity contribution in [3.63, 3.8) is 0 Å². The van der Waals surface area contributed by atoms with Crippen LogP contribution in [0, 0.1) is 5.41 Å². The molecule has 9 N–H and O–H groups in total. The van der Waals surface area contributed by atoms with E-state index in [2.05, 4.69) is 25.9 Å². The lowest BCUT2D eigenvalue weighted by Crippen LogP contribution is -2.72. The number of amides is 3. The maximum atomic E-state index is 13.6. The number of phenols is 2. The van der Waals surface area contributed by atoms with Crippen LogP contribution in [0.3, 0.4) is 0 Å². The summed E-state index contributed by atoms with van der Waals surface area (Å²) in [6.45, 7) is 7.06. The third-order valence-corrected chi connectivity index (χ3v) is 13.3. The zero-order valence-corrected chi connectivity index (χ0v) is 32.7. The van der Waals surface area contributed by atoms with Crippen LogP contribution in [0.5, 0.6) is 11.5 Å². The van der Waals surface area contributed by atoms with Gasteiger partial charge in [-0.15, -0.1) is 23.1 Å². The fourth-order valence-corrected chi connectivity index (χ4v) is 9.57. The highest BCUT2D eigenvalue weighted by Gasteiger charge is 2.58. The summed E-state index contributed by atoms with van der Waals surface area (Å²) >= 11 is 8.27. The number of rotatable bonds is 13. The quantitative estimate of drug-likeness (QED) is 0.0355. The van der Waals surface area contributed by atoms with Crippen molar-refractivity contribution in [3.05, 3.63) is 45.1 Å². The van der Waals surface area contributed by atoms with Crippen molar-refractivity contribution >= 4 is 80.9 Å². The number of carbonyl (C=O) groups excluding carboxylic acids is 3. The van der Waals surface area contributed by atoms with Gasteiger partial charge in [-0.3, -0.25) is 19.3 Å². The largest absolute Gasteiger partial charge is 0.504 e. The lowest BCUT2D eigenvalue weighted by atomic mass is 9.70. The Hall–Kier alpha value is -5.12. The standard InChI is InChI=1S/C34H39ClN8O11S2/c1-15-17(12-43-7-4-34(5-8-43,6-9-43)14-37-26(46)21(40-53)16-10-18(35)25(45)20(44)11-16)24(30(49)50)42-28(48)23(29(42)56-15)39-27(47)22(19-13-55-32(36)38-19)41-54-33(2,3)31(51)52/h10-11,13,15,23,29H,4-9,12,14H2,1-3H3,(H8-,36,37,38,39,40,41,44,45,46,47,49,50,51,52,53)/p+1/t15-,23+,29+,34?,43?/m0/s1. The molecule has 0 aliphatic carbocycles. The van der Waals surface area contributed by atoms with Gasteiger partial charge in [-0.25, -0.2) is 14.6 Å². The minimum absolute atomic E-state index is 0.000577. The number of fused-ring (bicyclic) bond motifs is 4. The molecule has 1 aromatic carbocycles. The monoisotopic (exact) mass is 835 g/mol. The molecule has 56 heavy (non-hydrogen) atoms. The average Bonchev–Trinajstić information content (AvgIpc) is 3.58. The minimum atomic E-state index is -1.80. The smallest absolute Gasteiger partial charge is 0.352 e. The topological polar surface area (TPSA) is 287 Å². The predicted molar refractivity (Wildman–Crippen MR) is 202 cm³/mol. The van der Waals surface area contributed by atoms with Crippen molar-refractivity contribution in [1.82, 2.24) is 20.5 Å². The van der Waals surface area contributed by atoms with Crippen LogP contribution in [-0.2, 0) is 28.8 Å². The first-order valence-electron chi connectivity index (χ1n) is 17.3. The first kappa shape index (κ1) is 40.5. The summed E-state index contributed by atoms with van der Waals surface area (Å²) in [6, 6.07) is 1.13. The summed E-state index contributed by atoms with van der Waals surface area (Å²) < 4.78 is 0.595. The molecule has 2 aromatic rings. The number of benzene rings is 1. The van der Waals surface area contributed by atoms with Crippen molar-refractivity contribution in [3.8, 4) is 11.5 Å². The van der Waals surface area contributed by atoms with Crippen molar-refractivity contribution in [2.45, 2.75) is 62.3 Å². The number of thiazole rings is 1. The van der Waals surface area contributed by atoms with E-state index in [-0.39, 0.29) is 50.0 Å². The van der Waals surface area contributed by atoms with Crippen LogP contribution in [0.25, 0.3) is 0 Å². The van der Waals surface area contributed by atoms with Gasteiger partial charge in [0, 0.05) is 53.0 Å². The highest BCUT2D eigenvalue weighted by atomic mass is 35.5. The van der Waals surface area contributed by atoms with E-state index in [9.17, 15) is 49.6 Å². The van der Waals surface area contributed by atoms with E-state index >= 15 is 0 Å². The number of carboxylic acids is 2. The van der Waals surface area contributed by atoms with Crippen LogP contribution < -0.4 is 16.4 Å². The Bertz CT molecular complexity index is 2060. The molecule has 0 spiro atoms. The Labute approximate surface area is 332 Å². The number of carboxylic acid groups (broad SMARTS) is 2. The third-order valence-electron chi connectivity index (χ3n) is 10.9. The predicted octanol–water partition coefficient (Wildman–Crippen LogP) is 1.50. The molecule has 7 rings (SSSR count). The number of anilines is 1. The van der Waals surface area contributed by atoms with Crippen LogP contribution in [0.4, 0.5) is 5.13 Å². The molecule has 6 heterocycles. The summed E-state index contributed by atoms with van der Waals surface area (Å²) in [5.74, 6) is -5.98. The number of hydrogen-bond donors (Lipinski definition) is 8. The van der Waals surface area contributed by atoms with Crippen LogP contribution >= 0.6 is 34.7 Å². The number of piperidine rings is 3. The number of thioether (sulfide) groups is 1. The molecule has 3 atom stereocenters. The fraction of sp³-hybridized carbons (Fsp3) is 0.471. The number of hydrogen-bond acceptors (Lipinski definition) is 15. The van der Waals surface area contributed by atoms with E-state index in [0.717, 1.165) is 17.4 Å². The molecular weight excluding hydrogens is 796 g/mol. The number of aliphatic carboxylic acids is 2. The van der Waals surface area contributed by atoms with Crippen LogP contribution in [0.2, 0.25) is 5.02 Å². The first-order chi connectivity index (χ1) is 26.3. The molecule has 4 fully saturated rings. The fourth-order valence-electron chi connectivity index (χ4n) is 7.37. The van der Waals surface area contributed by atoms with Gasteiger partial charge in [0.2, 0.25) is 5.60 Å². The number of nitrogens with one attached hydrogen (secondary N) is 2. The molecular formula is C34H40ClN8O11S2+. The molecule has 1 aromatic heterocycles. The van der Waals surface area contributed by atoms with Gasteiger partial charge in [0.15, 0.2) is 28.1 Å². The molecule has 2 bridgehead atoms. The maximum Gasteiger partial charge on any atom is 0.352 e. The molecule has 3 amide bonds. The van der Waals surface area contributed by atoms with Gasteiger partial charge in [0.25, 0.3) is 17.7 Å². The SMILES string of the molecule is C[C@@H]1S[C@@H]2[C@H](NC(=O)/C(=N/OC(C)(C)C(=O)O)c3csc(N)n3)C(=O)N2C(C(=O)O)=C1C[N+]12CCC(CNC(=O)/C(=N/O)c3cc(O)c(O)c(Cl)c3)(CC1)CC2. The lowest BCUT2D eigenvalue weighted by molar-refractivity contribution is -0.941. The maximum absolute atomic E-state index is 13.6. The van der Waals surface area contributed by atoms with E-state index in [4.69, 9.17) is 22.2 Å². The van der Waals surface area contributed by atoms with Gasteiger partial charge in [-0.1, -0.05) is 21.9 Å². The number of aromatic hydroxyl groups is 2. The second-order valence-electron chi connectivity index (χ2n) is 14.8. The van der Waals surface area contributed by atoms with Gasteiger partial charge in [-0.05, 0) is 32.9 Å². The van der Waals surface area contributed by atoms with Crippen molar-refractivity contribution in [1.29, 1.82) is 0 Å². The Morgan fingerprint density at radius 2 is 1.79 bits per heavy atom. The Kier molecular flexibility index (Phi) is 10.9. The van der Waals surface area contributed by atoms with E-state index in [1.165, 1.54) is 42.0 Å². The normalized spacial score (nSPS) is 26.3. The molecule has 5 aliphatic heterocycles. The second kappa shape index (κ2) is 15.1. The van der Waals surface area contributed by atoms with Gasteiger partial charge in [0.05, 0.1) is 24.7 Å².